The number of aryl methyl sites for hydroxylation is 1. The van der Waals surface area contributed by atoms with Crippen molar-refractivity contribution in [3.8, 4) is 11.5 Å². The minimum absolute atomic E-state index is 0.0419. The molecular formula is C19H26N2O3S. The lowest BCUT2D eigenvalue weighted by Gasteiger charge is -2.36. The number of nitrogens with zero attached hydrogens (tertiary/aromatic N) is 2. The van der Waals surface area contributed by atoms with E-state index in [4.69, 9.17) is 9.15 Å². The number of carbonyl (C=O) groups excluding carboxylic acids is 1. The standard InChI is InChI=1S/C19H26N2O3S/c1-12(2)15-5-4-13(3)10-16(15)23-18(22)7-6-17-20-21-19(24-17)14-8-9-25-11-14/h8-9,11-13,15-16H,4-7,10H2,1-3H3/t13-,15+,16-/m0/s1. The van der Waals surface area contributed by atoms with Gasteiger partial charge in [0.05, 0.1) is 6.42 Å². The number of thiophene rings is 1. The average Bonchev–Trinajstić information content (AvgIpc) is 3.24. The molecule has 1 saturated carbocycles. The van der Waals surface area contributed by atoms with E-state index in [1.165, 1.54) is 6.42 Å². The Balaban J connectivity index is 1.52. The van der Waals surface area contributed by atoms with Gasteiger partial charge in [0.2, 0.25) is 11.8 Å². The van der Waals surface area contributed by atoms with Crippen LogP contribution in [0.1, 0.15) is 52.3 Å². The summed E-state index contributed by atoms with van der Waals surface area (Å²) in [4.78, 5) is 12.3. The Hall–Kier alpha value is -1.69. The molecule has 3 atom stereocenters. The molecule has 2 heterocycles. The lowest BCUT2D eigenvalue weighted by Crippen LogP contribution is -2.35. The lowest BCUT2D eigenvalue weighted by molar-refractivity contribution is -0.156. The van der Waals surface area contributed by atoms with Gasteiger partial charge in [0.15, 0.2) is 0 Å². The van der Waals surface area contributed by atoms with Crippen LogP contribution in [0, 0.1) is 17.8 Å². The van der Waals surface area contributed by atoms with E-state index >= 15 is 0 Å². The number of rotatable bonds is 6. The van der Waals surface area contributed by atoms with Crippen molar-refractivity contribution in [1.29, 1.82) is 0 Å². The van der Waals surface area contributed by atoms with Gasteiger partial charge < -0.3 is 9.15 Å². The molecule has 0 N–H and O–H groups in total. The highest BCUT2D eigenvalue weighted by Crippen LogP contribution is 2.35. The predicted octanol–water partition coefficient (Wildman–Crippen LogP) is 4.73. The molecule has 136 valence electrons. The van der Waals surface area contributed by atoms with Crippen molar-refractivity contribution >= 4 is 17.3 Å². The molecule has 0 spiro atoms. The third-order valence-corrected chi connectivity index (χ3v) is 5.71. The van der Waals surface area contributed by atoms with Crippen molar-refractivity contribution in [2.24, 2.45) is 17.8 Å². The number of aromatic nitrogens is 2. The van der Waals surface area contributed by atoms with E-state index in [0.717, 1.165) is 18.4 Å². The largest absolute Gasteiger partial charge is 0.462 e. The zero-order valence-corrected chi connectivity index (χ0v) is 15.9. The van der Waals surface area contributed by atoms with E-state index in [0.29, 0.717) is 36.0 Å². The van der Waals surface area contributed by atoms with Crippen LogP contribution in [0.3, 0.4) is 0 Å². The maximum atomic E-state index is 12.3. The van der Waals surface area contributed by atoms with Gasteiger partial charge in [-0.25, -0.2) is 0 Å². The Morgan fingerprint density at radius 1 is 1.40 bits per heavy atom. The first-order valence-corrected chi connectivity index (χ1v) is 10.0. The molecule has 0 aromatic carbocycles. The third kappa shape index (κ3) is 4.69. The first-order valence-electron chi connectivity index (χ1n) is 9.07. The number of hydrogen-bond acceptors (Lipinski definition) is 6. The van der Waals surface area contributed by atoms with E-state index in [9.17, 15) is 4.79 Å². The summed E-state index contributed by atoms with van der Waals surface area (Å²) in [7, 11) is 0. The van der Waals surface area contributed by atoms with E-state index in [2.05, 4.69) is 31.0 Å². The molecule has 2 aromatic rings. The van der Waals surface area contributed by atoms with Crippen LogP contribution in [0.4, 0.5) is 0 Å². The molecule has 25 heavy (non-hydrogen) atoms. The van der Waals surface area contributed by atoms with Gasteiger partial charge in [-0.2, -0.15) is 11.3 Å². The van der Waals surface area contributed by atoms with Gasteiger partial charge in [-0.15, -0.1) is 10.2 Å². The summed E-state index contributed by atoms with van der Waals surface area (Å²) in [5.41, 5.74) is 0.919. The number of hydrogen-bond donors (Lipinski definition) is 0. The van der Waals surface area contributed by atoms with Crippen LogP contribution in [0.25, 0.3) is 11.5 Å². The summed E-state index contributed by atoms with van der Waals surface area (Å²) in [5, 5.41) is 12.0. The van der Waals surface area contributed by atoms with E-state index < -0.39 is 0 Å². The van der Waals surface area contributed by atoms with Gasteiger partial charge in [0.25, 0.3) is 0 Å². The number of esters is 1. The Bertz CT molecular complexity index is 681. The molecule has 2 aromatic heterocycles. The van der Waals surface area contributed by atoms with Crippen molar-refractivity contribution in [2.75, 3.05) is 0 Å². The van der Waals surface area contributed by atoms with Gasteiger partial charge in [0.1, 0.15) is 6.10 Å². The number of carbonyl (C=O) groups is 1. The second kappa shape index (κ2) is 8.13. The van der Waals surface area contributed by atoms with Crippen LogP contribution in [0.5, 0.6) is 0 Å². The van der Waals surface area contributed by atoms with Crippen LogP contribution >= 0.6 is 11.3 Å². The topological polar surface area (TPSA) is 65.2 Å². The monoisotopic (exact) mass is 362 g/mol. The van der Waals surface area contributed by atoms with Gasteiger partial charge in [-0.3, -0.25) is 4.79 Å². The summed E-state index contributed by atoms with van der Waals surface area (Å²) in [6.45, 7) is 6.67. The van der Waals surface area contributed by atoms with Crippen molar-refractivity contribution in [2.45, 2.75) is 59.0 Å². The van der Waals surface area contributed by atoms with Crippen molar-refractivity contribution in [1.82, 2.24) is 10.2 Å². The highest BCUT2D eigenvalue weighted by molar-refractivity contribution is 7.08. The van der Waals surface area contributed by atoms with Crippen LogP contribution < -0.4 is 0 Å². The highest BCUT2D eigenvalue weighted by Gasteiger charge is 2.33. The van der Waals surface area contributed by atoms with E-state index in [1.54, 1.807) is 11.3 Å². The minimum atomic E-state index is -0.167. The fourth-order valence-corrected chi connectivity index (χ4v) is 4.17. The molecule has 0 amide bonds. The van der Waals surface area contributed by atoms with Crippen LogP contribution in [-0.4, -0.2) is 22.3 Å². The molecule has 1 fully saturated rings. The molecule has 1 aliphatic rings. The lowest BCUT2D eigenvalue weighted by atomic mass is 9.75. The molecule has 1 aliphatic carbocycles. The summed E-state index contributed by atoms with van der Waals surface area (Å²) in [5.74, 6) is 2.45. The second-order valence-corrected chi connectivity index (χ2v) is 8.15. The normalized spacial score (nSPS) is 23.8. The average molecular weight is 362 g/mol. The fraction of sp³-hybridized carbons (Fsp3) is 0.632. The highest BCUT2D eigenvalue weighted by atomic mass is 32.1. The zero-order valence-electron chi connectivity index (χ0n) is 15.1. The molecular weight excluding hydrogens is 336 g/mol. The predicted molar refractivity (Wildman–Crippen MR) is 97.2 cm³/mol. The Morgan fingerprint density at radius 3 is 2.96 bits per heavy atom. The van der Waals surface area contributed by atoms with E-state index in [-0.39, 0.29) is 18.5 Å². The molecule has 0 saturated heterocycles. The van der Waals surface area contributed by atoms with Crippen LogP contribution in [0.15, 0.2) is 21.2 Å². The van der Waals surface area contributed by atoms with Gasteiger partial charge in [-0.05, 0) is 42.0 Å². The maximum Gasteiger partial charge on any atom is 0.306 e. The Morgan fingerprint density at radius 2 is 2.24 bits per heavy atom. The summed E-state index contributed by atoms with van der Waals surface area (Å²) < 4.78 is 11.4. The Labute approximate surface area is 152 Å². The first-order chi connectivity index (χ1) is 12.0. The smallest absolute Gasteiger partial charge is 0.306 e. The first kappa shape index (κ1) is 18.1. The SMILES string of the molecule is CC(C)[C@H]1CC[C@H](C)C[C@@H]1OC(=O)CCc1nnc(-c2ccsc2)o1. The fourth-order valence-electron chi connectivity index (χ4n) is 3.54. The van der Waals surface area contributed by atoms with E-state index in [1.807, 2.05) is 16.8 Å². The van der Waals surface area contributed by atoms with Crippen molar-refractivity contribution < 1.29 is 13.9 Å². The third-order valence-electron chi connectivity index (χ3n) is 5.02. The zero-order chi connectivity index (χ0) is 17.8. The maximum absolute atomic E-state index is 12.3. The quantitative estimate of drug-likeness (QED) is 0.695. The van der Waals surface area contributed by atoms with Crippen molar-refractivity contribution in [3.05, 3.63) is 22.7 Å². The van der Waals surface area contributed by atoms with Crippen molar-refractivity contribution in [3.63, 3.8) is 0 Å². The molecule has 0 unspecified atom stereocenters. The summed E-state index contributed by atoms with van der Waals surface area (Å²) in [6.07, 6.45) is 4.08. The van der Waals surface area contributed by atoms with Crippen LogP contribution in [-0.2, 0) is 16.0 Å². The molecule has 0 bridgehead atoms. The van der Waals surface area contributed by atoms with Gasteiger partial charge >= 0.3 is 5.97 Å². The minimum Gasteiger partial charge on any atom is -0.462 e. The summed E-state index contributed by atoms with van der Waals surface area (Å²) >= 11 is 1.58. The molecule has 0 radical (unpaired) electrons. The molecule has 3 rings (SSSR count). The molecule has 0 aliphatic heterocycles. The Kier molecular flexibility index (Phi) is 5.89. The van der Waals surface area contributed by atoms with Gasteiger partial charge in [-0.1, -0.05) is 27.2 Å². The summed E-state index contributed by atoms with van der Waals surface area (Å²) in [6, 6.07) is 1.94. The van der Waals surface area contributed by atoms with Crippen LogP contribution in [0.2, 0.25) is 0 Å². The van der Waals surface area contributed by atoms with Gasteiger partial charge in [0, 0.05) is 17.4 Å². The number of ether oxygens (including phenoxy) is 1. The molecule has 5 nitrogen and oxygen atoms in total. The second-order valence-electron chi connectivity index (χ2n) is 7.37. The molecule has 6 heteroatoms.